The van der Waals surface area contributed by atoms with Crippen LogP contribution in [0.1, 0.15) is 45.1 Å². The molecule has 152 valence electrons. The van der Waals surface area contributed by atoms with Gasteiger partial charge in [-0.2, -0.15) is 0 Å². The normalized spacial score (nSPS) is 15.1. The predicted molar refractivity (Wildman–Crippen MR) is 110 cm³/mol. The molecule has 0 radical (unpaired) electrons. The molecule has 5 nitrogen and oxygen atoms in total. The molecule has 0 aliphatic heterocycles. The maximum atomic E-state index is 11.4. The van der Waals surface area contributed by atoms with Crippen molar-refractivity contribution in [2.75, 3.05) is 39.3 Å². The fraction of sp³-hybridized carbons (Fsp3) is 0.667. The van der Waals surface area contributed by atoms with Crippen LogP contribution in [0.15, 0.2) is 24.3 Å². The molecule has 1 N–H and O–H groups in total. The minimum atomic E-state index is 0.0410. The molecule has 2 rings (SSSR count). The molecule has 0 heterocycles. The molecule has 0 bridgehead atoms. The van der Waals surface area contributed by atoms with Gasteiger partial charge in [0.05, 0.1) is 12.1 Å². The van der Waals surface area contributed by atoms with E-state index in [1.807, 2.05) is 26.0 Å². The van der Waals surface area contributed by atoms with E-state index < -0.39 is 0 Å². The number of rotatable bonds is 15. The zero-order chi connectivity index (χ0) is 19.5. The molecular weight excluding hydrogens is 362 g/mol. The van der Waals surface area contributed by atoms with Gasteiger partial charge < -0.3 is 14.2 Å². The van der Waals surface area contributed by atoms with Crippen LogP contribution < -0.4 is 9.46 Å². The van der Waals surface area contributed by atoms with E-state index in [4.69, 9.17) is 14.2 Å². The van der Waals surface area contributed by atoms with Crippen molar-refractivity contribution >= 4 is 17.7 Å². The highest BCUT2D eigenvalue weighted by atomic mass is 32.2. The monoisotopic (exact) mass is 395 g/mol. The van der Waals surface area contributed by atoms with Gasteiger partial charge in [0, 0.05) is 32.2 Å². The number of hydrogen-bond donors (Lipinski definition) is 1. The van der Waals surface area contributed by atoms with Crippen LogP contribution in [0, 0.1) is 5.92 Å². The van der Waals surface area contributed by atoms with E-state index in [2.05, 4.69) is 23.1 Å². The number of nitrogens with one attached hydrogen (secondary N) is 1. The highest BCUT2D eigenvalue weighted by molar-refractivity contribution is 7.96. The molecule has 1 aromatic carbocycles. The molecule has 0 saturated heterocycles. The van der Waals surface area contributed by atoms with Gasteiger partial charge in [-0.3, -0.25) is 9.52 Å². The van der Waals surface area contributed by atoms with Gasteiger partial charge in [0.25, 0.3) is 0 Å². The van der Waals surface area contributed by atoms with Crippen LogP contribution in [-0.4, -0.2) is 45.1 Å². The lowest BCUT2D eigenvalue weighted by Crippen LogP contribution is -2.21. The van der Waals surface area contributed by atoms with Gasteiger partial charge >= 0.3 is 0 Å². The van der Waals surface area contributed by atoms with E-state index in [-0.39, 0.29) is 23.8 Å². The number of Topliss-reactive ketones (excluding diaryl/α,β-unsaturated/α-hetero) is 1. The smallest absolute Gasteiger partial charge is 0.160 e. The first-order valence-electron chi connectivity index (χ1n) is 9.79. The summed E-state index contributed by atoms with van der Waals surface area (Å²) in [6.07, 6.45) is 6.13. The SMILES string of the molecule is CSNC1(c2ccc(OCCCOCCCOCC(=O)C(C)C)cc2)CC1. The number of carbonyl (C=O) groups is 1. The second kappa shape index (κ2) is 11.7. The van der Waals surface area contributed by atoms with Crippen molar-refractivity contribution in [3.05, 3.63) is 29.8 Å². The van der Waals surface area contributed by atoms with Gasteiger partial charge in [-0.25, -0.2) is 0 Å². The number of ketones is 1. The Balaban J connectivity index is 1.47. The molecule has 27 heavy (non-hydrogen) atoms. The number of benzene rings is 1. The zero-order valence-corrected chi connectivity index (χ0v) is 17.6. The third kappa shape index (κ3) is 7.82. The Bertz CT molecular complexity index is 558. The first-order chi connectivity index (χ1) is 13.1. The Morgan fingerprint density at radius 3 is 2.30 bits per heavy atom. The van der Waals surface area contributed by atoms with Crippen LogP contribution in [0.3, 0.4) is 0 Å². The number of carbonyl (C=O) groups excluding carboxylic acids is 1. The molecule has 1 aliphatic rings. The largest absolute Gasteiger partial charge is 0.494 e. The zero-order valence-electron chi connectivity index (χ0n) is 16.8. The predicted octanol–water partition coefficient (Wildman–Crippen LogP) is 3.96. The number of hydrogen-bond acceptors (Lipinski definition) is 6. The third-order valence-electron chi connectivity index (χ3n) is 4.62. The fourth-order valence-corrected chi connectivity index (χ4v) is 3.41. The van der Waals surface area contributed by atoms with Crippen molar-refractivity contribution in [3.63, 3.8) is 0 Å². The second-order valence-electron chi connectivity index (χ2n) is 7.25. The van der Waals surface area contributed by atoms with Crippen molar-refractivity contribution in [1.82, 2.24) is 4.72 Å². The Hall–Kier alpha value is -1.08. The highest BCUT2D eigenvalue weighted by Gasteiger charge is 2.43. The molecule has 0 spiro atoms. The minimum absolute atomic E-state index is 0.0410. The van der Waals surface area contributed by atoms with Crippen LogP contribution in [0.25, 0.3) is 0 Å². The van der Waals surface area contributed by atoms with Crippen LogP contribution in [0.2, 0.25) is 0 Å². The van der Waals surface area contributed by atoms with Gasteiger partial charge in [0.15, 0.2) is 5.78 Å². The summed E-state index contributed by atoms with van der Waals surface area (Å²) in [4.78, 5) is 11.4. The van der Waals surface area contributed by atoms with Crippen molar-refractivity contribution in [1.29, 1.82) is 0 Å². The Kier molecular flexibility index (Phi) is 9.62. The lowest BCUT2D eigenvalue weighted by Gasteiger charge is -2.16. The van der Waals surface area contributed by atoms with Crippen molar-refractivity contribution in [2.24, 2.45) is 5.92 Å². The van der Waals surface area contributed by atoms with E-state index in [0.717, 1.165) is 18.6 Å². The standard InChI is InChI=1S/C21H33NO4S/c1-17(2)20(23)16-25-14-4-12-24-13-5-15-26-19-8-6-18(7-9-19)21(10-11-21)22-27-3/h6-9,17,22H,4-5,10-16H2,1-3H3. The first kappa shape index (κ1) is 22.2. The van der Waals surface area contributed by atoms with Gasteiger partial charge in [0.2, 0.25) is 0 Å². The summed E-state index contributed by atoms with van der Waals surface area (Å²) >= 11 is 1.68. The summed E-state index contributed by atoms with van der Waals surface area (Å²) in [5.41, 5.74) is 1.52. The number of ether oxygens (including phenoxy) is 3. The topological polar surface area (TPSA) is 56.8 Å². The maximum absolute atomic E-state index is 11.4. The molecule has 0 aromatic heterocycles. The van der Waals surface area contributed by atoms with Crippen LogP contribution in [0.4, 0.5) is 0 Å². The summed E-state index contributed by atoms with van der Waals surface area (Å²) < 4.78 is 20.2. The van der Waals surface area contributed by atoms with E-state index in [9.17, 15) is 4.79 Å². The molecular formula is C21H33NO4S. The van der Waals surface area contributed by atoms with Crippen LogP contribution >= 0.6 is 11.9 Å². The minimum Gasteiger partial charge on any atom is -0.494 e. The van der Waals surface area contributed by atoms with Crippen LogP contribution in [-0.2, 0) is 19.8 Å². The molecule has 0 atom stereocenters. The molecule has 6 heteroatoms. The van der Waals surface area contributed by atoms with Crippen molar-refractivity contribution in [3.8, 4) is 5.75 Å². The third-order valence-corrected chi connectivity index (χ3v) is 5.22. The van der Waals surface area contributed by atoms with E-state index in [1.54, 1.807) is 11.9 Å². The average Bonchev–Trinajstić information content (AvgIpc) is 3.44. The van der Waals surface area contributed by atoms with E-state index >= 15 is 0 Å². The Labute approximate surface area is 167 Å². The van der Waals surface area contributed by atoms with Gasteiger partial charge in [-0.1, -0.05) is 37.9 Å². The summed E-state index contributed by atoms with van der Waals surface area (Å²) in [7, 11) is 0. The summed E-state index contributed by atoms with van der Waals surface area (Å²) in [6, 6.07) is 8.42. The van der Waals surface area contributed by atoms with Crippen LogP contribution in [0.5, 0.6) is 5.75 Å². The quantitative estimate of drug-likeness (QED) is 0.358. The highest BCUT2D eigenvalue weighted by Crippen LogP contribution is 2.46. The summed E-state index contributed by atoms with van der Waals surface area (Å²) in [6.45, 7) is 6.51. The Morgan fingerprint density at radius 2 is 1.70 bits per heavy atom. The molecule has 0 unspecified atom stereocenters. The van der Waals surface area contributed by atoms with E-state index in [1.165, 1.54) is 18.4 Å². The van der Waals surface area contributed by atoms with Gasteiger partial charge in [-0.05, 0) is 43.2 Å². The molecule has 1 aromatic rings. The fourth-order valence-electron chi connectivity index (χ4n) is 2.70. The first-order valence-corrected chi connectivity index (χ1v) is 11.0. The lowest BCUT2D eigenvalue weighted by atomic mass is 10.1. The molecule has 1 saturated carbocycles. The van der Waals surface area contributed by atoms with Gasteiger partial charge in [-0.15, -0.1) is 0 Å². The van der Waals surface area contributed by atoms with E-state index in [0.29, 0.717) is 26.4 Å². The second-order valence-corrected chi connectivity index (χ2v) is 7.87. The summed E-state index contributed by atoms with van der Waals surface area (Å²) in [5.74, 6) is 1.09. The molecule has 1 fully saturated rings. The molecule has 0 amide bonds. The van der Waals surface area contributed by atoms with Crippen molar-refractivity contribution in [2.45, 2.75) is 45.1 Å². The Morgan fingerprint density at radius 1 is 1.07 bits per heavy atom. The summed E-state index contributed by atoms with van der Waals surface area (Å²) in [5, 5.41) is 0. The molecule has 1 aliphatic carbocycles. The van der Waals surface area contributed by atoms with Gasteiger partial charge in [0.1, 0.15) is 12.4 Å². The lowest BCUT2D eigenvalue weighted by molar-refractivity contribution is -0.126. The average molecular weight is 396 g/mol. The maximum Gasteiger partial charge on any atom is 0.160 e. The van der Waals surface area contributed by atoms with Crippen molar-refractivity contribution < 1.29 is 19.0 Å².